The van der Waals surface area contributed by atoms with Crippen LogP contribution in [0, 0.1) is 18.2 Å². The van der Waals surface area contributed by atoms with E-state index in [-0.39, 0.29) is 29.4 Å². The highest BCUT2D eigenvalue weighted by Gasteiger charge is 2.32. The van der Waals surface area contributed by atoms with Crippen LogP contribution in [0.4, 0.5) is 23.5 Å². The standard InChI is InChI=1S/C21H21F4N3O2/c1-12-5-7-15-16(9-12)28(19(26-15)27-18(29)11-20(2,3)4)13-6-8-17(14(22)10-13)30-21(23,24)25/h5-10H,11H2,1-4H3,(H,26,27,29). The predicted octanol–water partition coefficient (Wildman–Crippen LogP) is 5.75. The van der Waals surface area contributed by atoms with Crippen LogP contribution in [0.3, 0.4) is 0 Å². The zero-order valence-corrected chi connectivity index (χ0v) is 16.9. The molecular weight excluding hydrogens is 402 g/mol. The maximum atomic E-state index is 14.3. The number of carbonyl (C=O) groups excluding carboxylic acids is 1. The number of rotatable bonds is 4. The zero-order chi connectivity index (χ0) is 22.3. The lowest BCUT2D eigenvalue weighted by molar-refractivity contribution is -0.275. The number of hydrogen-bond acceptors (Lipinski definition) is 3. The van der Waals surface area contributed by atoms with Gasteiger partial charge in [0.25, 0.3) is 0 Å². The minimum absolute atomic E-state index is 0.147. The summed E-state index contributed by atoms with van der Waals surface area (Å²) in [6.07, 6.45) is -4.78. The molecule has 9 heteroatoms. The first-order valence-corrected chi connectivity index (χ1v) is 9.17. The summed E-state index contributed by atoms with van der Waals surface area (Å²) in [6, 6.07) is 8.44. The topological polar surface area (TPSA) is 56.2 Å². The van der Waals surface area contributed by atoms with Crippen molar-refractivity contribution >= 4 is 22.9 Å². The summed E-state index contributed by atoms with van der Waals surface area (Å²) in [4.78, 5) is 16.9. The highest BCUT2D eigenvalue weighted by molar-refractivity contribution is 5.93. The molecule has 0 saturated heterocycles. The Kier molecular flexibility index (Phi) is 5.49. The summed E-state index contributed by atoms with van der Waals surface area (Å²) in [6.45, 7) is 7.59. The minimum atomic E-state index is -5.01. The number of alkyl halides is 3. The lowest BCUT2D eigenvalue weighted by atomic mass is 9.92. The summed E-state index contributed by atoms with van der Waals surface area (Å²) < 4.78 is 56.8. The van der Waals surface area contributed by atoms with Crippen molar-refractivity contribution in [3.8, 4) is 11.4 Å². The van der Waals surface area contributed by atoms with Crippen molar-refractivity contribution < 1.29 is 27.1 Å². The Labute approximate surface area is 170 Å². The Hall–Kier alpha value is -3.10. The summed E-state index contributed by atoms with van der Waals surface area (Å²) >= 11 is 0. The van der Waals surface area contributed by atoms with Gasteiger partial charge in [-0.25, -0.2) is 9.37 Å². The third kappa shape index (κ3) is 5.08. The molecule has 0 fully saturated rings. The van der Waals surface area contributed by atoms with Crippen LogP contribution in [0.5, 0.6) is 5.75 Å². The molecule has 1 aromatic heterocycles. The van der Waals surface area contributed by atoms with E-state index in [1.54, 1.807) is 12.1 Å². The highest BCUT2D eigenvalue weighted by atomic mass is 19.4. The number of ether oxygens (including phenoxy) is 1. The maximum Gasteiger partial charge on any atom is 0.573 e. The molecular formula is C21H21F4N3O2. The minimum Gasteiger partial charge on any atom is -0.403 e. The van der Waals surface area contributed by atoms with E-state index in [9.17, 15) is 22.4 Å². The quantitative estimate of drug-likeness (QED) is 0.544. The van der Waals surface area contributed by atoms with E-state index in [1.165, 1.54) is 10.6 Å². The van der Waals surface area contributed by atoms with Crippen molar-refractivity contribution in [2.45, 2.75) is 40.5 Å². The lowest BCUT2D eigenvalue weighted by Crippen LogP contribution is -2.21. The number of nitrogens with zero attached hydrogens (tertiary/aromatic N) is 2. The van der Waals surface area contributed by atoms with Crippen LogP contribution in [-0.4, -0.2) is 21.8 Å². The van der Waals surface area contributed by atoms with Gasteiger partial charge in [-0.3, -0.25) is 14.7 Å². The summed E-state index contributed by atoms with van der Waals surface area (Å²) in [5, 5.41) is 2.73. The van der Waals surface area contributed by atoms with Crippen LogP contribution >= 0.6 is 0 Å². The van der Waals surface area contributed by atoms with Crippen LogP contribution in [-0.2, 0) is 4.79 Å². The van der Waals surface area contributed by atoms with Gasteiger partial charge in [-0.05, 0) is 42.2 Å². The molecule has 1 N–H and O–H groups in total. The van der Waals surface area contributed by atoms with E-state index < -0.39 is 17.9 Å². The largest absolute Gasteiger partial charge is 0.573 e. The maximum absolute atomic E-state index is 14.3. The molecule has 0 atom stereocenters. The predicted molar refractivity (Wildman–Crippen MR) is 105 cm³/mol. The molecule has 0 aliphatic rings. The first-order chi connectivity index (χ1) is 13.8. The van der Waals surface area contributed by atoms with Gasteiger partial charge < -0.3 is 4.74 Å². The SMILES string of the molecule is Cc1ccc2nc(NC(=O)CC(C)(C)C)n(-c3ccc(OC(F)(F)F)c(F)c3)c2c1. The number of nitrogens with one attached hydrogen (secondary N) is 1. The average molecular weight is 423 g/mol. The van der Waals surface area contributed by atoms with E-state index >= 15 is 0 Å². The van der Waals surface area contributed by atoms with Gasteiger partial charge in [0, 0.05) is 12.5 Å². The Morgan fingerprint density at radius 3 is 2.43 bits per heavy atom. The van der Waals surface area contributed by atoms with E-state index in [4.69, 9.17) is 0 Å². The fourth-order valence-electron chi connectivity index (χ4n) is 3.02. The van der Waals surface area contributed by atoms with Gasteiger partial charge in [-0.1, -0.05) is 26.8 Å². The summed E-state index contributed by atoms with van der Waals surface area (Å²) in [5.74, 6) is -2.27. The molecule has 0 unspecified atom stereocenters. The van der Waals surface area contributed by atoms with Crippen molar-refractivity contribution in [2.75, 3.05) is 5.32 Å². The molecule has 1 amide bonds. The molecule has 0 aliphatic heterocycles. The molecule has 5 nitrogen and oxygen atoms in total. The normalized spacial score (nSPS) is 12.3. The average Bonchev–Trinajstić information content (AvgIpc) is 2.90. The van der Waals surface area contributed by atoms with Gasteiger partial charge in [-0.15, -0.1) is 13.2 Å². The Bertz CT molecular complexity index is 1100. The smallest absolute Gasteiger partial charge is 0.403 e. The summed E-state index contributed by atoms with van der Waals surface area (Å²) in [7, 11) is 0. The number of anilines is 1. The van der Waals surface area contributed by atoms with Crippen molar-refractivity contribution in [2.24, 2.45) is 5.41 Å². The Morgan fingerprint density at radius 1 is 1.13 bits per heavy atom. The third-order valence-corrected chi connectivity index (χ3v) is 4.15. The number of aromatic nitrogens is 2. The first kappa shape index (κ1) is 21.6. The molecule has 30 heavy (non-hydrogen) atoms. The van der Waals surface area contributed by atoms with Crippen LogP contribution in [0.15, 0.2) is 36.4 Å². The number of fused-ring (bicyclic) bond motifs is 1. The van der Waals surface area contributed by atoms with Gasteiger partial charge in [0.1, 0.15) is 0 Å². The van der Waals surface area contributed by atoms with Crippen molar-refractivity contribution in [1.29, 1.82) is 0 Å². The van der Waals surface area contributed by atoms with Crippen LogP contribution < -0.4 is 10.1 Å². The van der Waals surface area contributed by atoms with Gasteiger partial charge in [0.05, 0.1) is 16.7 Å². The van der Waals surface area contributed by atoms with Crippen LogP contribution in [0.25, 0.3) is 16.7 Å². The van der Waals surface area contributed by atoms with Gasteiger partial charge in [-0.2, -0.15) is 0 Å². The highest BCUT2D eigenvalue weighted by Crippen LogP contribution is 2.31. The molecule has 2 aromatic carbocycles. The molecule has 3 rings (SSSR count). The second-order valence-corrected chi connectivity index (χ2v) is 8.21. The van der Waals surface area contributed by atoms with E-state index in [1.807, 2.05) is 33.8 Å². The number of carbonyl (C=O) groups is 1. The number of amides is 1. The molecule has 160 valence electrons. The second-order valence-electron chi connectivity index (χ2n) is 8.21. The molecule has 0 saturated carbocycles. The number of hydrogen-bond donors (Lipinski definition) is 1. The second kappa shape index (κ2) is 7.62. The number of benzene rings is 2. The van der Waals surface area contributed by atoms with Crippen molar-refractivity contribution in [1.82, 2.24) is 9.55 Å². The Balaban J connectivity index is 2.08. The monoisotopic (exact) mass is 423 g/mol. The third-order valence-electron chi connectivity index (χ3n) is 4.15. The van der Waals surface area contributed by atoms with Crippen LogP contribution in [0.2, 0.25) is 0 Å². The van der Waals surface area contributed by atoms with E-state index in [2.05, 4.69) is 15.0 Å². The van der Waals surface area contributed by atoms with Crippen molar-refractivity contribution in [3.63, 3.8) is 0 Å². The zero-order valence-electron chi connectivity index (χ0n) is 16.9. The first-order valence-electron chi connectivity index (χ1n) is 9.17. The van der Waals surface area contributed by atoms with Crippen LogP contribution in [0.1, 0.15) is 32.8 Å². The number of halogens is 4. The number of imidazole rings is 1. The van der Waals surface area contributed by atoms with Crippen molar-refractivity contribution in [3.05, 3.63) is 47.8 Å². The number of aryl methyl sites for hydroxylation is 1. The van der Waals surface area contributed by atoms with E-state index in [0.29, 0.717) is 11.0 Å². The Morgan fingerprint density at radius 2 is 1.83 bits per heavy atom. The van der Waals surface area contributed by atoms with Gasteiger partial charge in [0.2, 0.25) is 11.9 Å². The molecule has 0 spiro atoms. The fraction of sp³-hybridized carbons (Fsp3) is 0.333. The van der Waals surface area contributed by atoms with E-state index in [0.717, 1.165) is 17.7 Å². The molecule has 0 aliphatic carbocycles. The fourth-order valence-corrected chi connectivity index (χ4v) is 3.02. The molecule has 3 aromatic rings. The molecule has 1 heterocycles. The van der Waals surface area contributed by atoms with Gasteiger partial charge >= 0.3 is 6.36 Å². The summed E-state index contributed by atoms with van der Waals surface area (Å²) in [5.41, 5.74) is 1.95. The molecule has 0 bridgehead atoms. The lowest BCUT2D eigenvalue weighted by Gasteiger charge is -2.18. The molecule has 0 radical (unpaired) electrons. The van der Waals surface area contributed by atoms with Gasteiger partial charge in [0.15, 0.2) is 11.6 Å².